The Balaban J connectivity index is 1.81. The van der Waals surface area contributed by atoms with Crippen LogP contribution in [0.3, 0.4) is 0 Å². The molecule has 0 bridgehead atoms. The largest absolute Gasteiger partial charge is 0.493 e. The number of hydrogen-bond donors (Lipinski definition) is 2. The van der Waals surface area contributed by atoms with E-state index < -0.39 is 0 Å². The summed E-state index contributed by atoms with van der Waals surface area (Å²) in [5.41, 5.74) is 2.09. The van der Waals surface area contributed by atoms with Crippen molar-refractivity contribution < 1.29 is 14.3 Å². The second kappa shape index (κ2) is 6.41. The predicted octanol–water partition coefficient (Wildman–Crippen LogP) is 0.805. The van der Waals surface area contributed by atoms with Crippen molar-refractivity contribution in [1.29, 1.82) is 0 Å². The molecule has 0 atom stereocenters. The van der Waals surface area contributed by atoms with Gasteiger partial charge in [0.1, 0.15) is 5.75 Å². The topological polar surface area (TPSA) is 67.4 Å². The number of benzene rings is 1. The van der Waals surface area contributed by atoms with Gasteiger partial charge < -0.3 is 15.4 Å². The van der Waals surface area contributed by atoms with Crippen LogP contribution in [0, 0.1) is 0 Å². The summed E-state index contributed by atoms with van der Waals surface area (Å²) in [6, 6.07) is 5.86. The third-order valence-corrected chi connectivity index (χ3v) is 3.01. The number of hydrogen-bond acceptors (Lipinski definition) is 3. The summed E-state index contributed by atoms with van der Waals surface area (Å²) in [5, 5.41) is 5.35. The van der Waals surface area contributed by atoms with E-state index in [9.17, 15) is 9.59 Å². The van der Waals surface area contributed by atoms with E-state index >= 15 is 0 Å². The molecule has 1 heterocycles. The summed E-state index contributed by atoms with van der Waals surface area (Å²) in [4.78, 5) is 23.2. The average molecular weight is 276 g/mol. The van der Waals surface area contributed by atoms with Gasteiger partial charge in [-0.25, -0.2) is 0 Å². The standard InChI is InChI=1S/C15H20N2O3/c1-10(2)17-15(19)9-16-14(18)8-11-3-4-13-12(7-11)5-6-20-13/h3-4,7,10H,5-6,8-9H2,1-2H3,(H,16,18)(H,17,19). The fourth-order valence-corrected chi connectivity index (χ4v) is 2.15. The Kier molecular flexibility index (Phi) is 4.61. The minimum absolute atomic E-state index is 0.0189. The molecular formula is C15H20N2O3. The molecule has 0 aromatic heterocycles. The molecule has 0 aliphatic carbocycles. The van der Waals surface area contributed by atoms with Crippen LogP contribution >= 0.6 is 0 Å². The molecule has 0 spiro atoms. The van der Waals surface area contributed by atoms with Gasteiger partial charge in [0.2, 0.25) is 11.8 Å². The smallest absolute Gasteiger partial charge is 0.239 e. The Morgan fingerprint density at radius 3 is 2.85 bits per heavy atom. The first-order valence-corrected chi connectivity index (χ1v) is 6.85. The van der Waals surface area contributed by atoms with Gasteiger partial charge in [-0.3, -0.25) is 9.59 Å². The van der Waals surface area contributed by atoms with E-state index in [-0.39, 0.29) is 30.8 Å². The van der Waals surface area contributed by atoms with E-state index in [1.54, 1.807) is 0 Å². The third kappa shape index (κ3) is 3.98. The number of nitrogens with one attached hydrogen (secondary N) is 2. The lowest BCUT2D eigenvalue weighted by molar-refractivity contribution is -0.126. The lowest BCUT2D eigenvalue weighted by atomic mass is 10.1. The van der Waals surface area contributed by atoms with Crippen LogP contribution in [-0.4, -0.2) is 31.0 Å². The molecule has 1 aliphatic rings. The molecule has 2 amide bonds. The van der Waals surface area contributed by atoms with E-state index in [2.05, 4.69) is 10.6 Å². The fourth-order valence-electron chi connectivity index (χ4n) is 2.15. The van der Waals surface area contributed by atoms with Gasteiger partial charge in [0, 0.05) is 12.5 Å². The Labute approximate surface area is 118 Å². The number of ether oxygens (including phenoxy) is 1. The number of carbonyl (C=O) groups excluding carboxylic acids is 2. The Hall–Kier alpha value is -2.04. The Bertz CT molecular complexity index is 512. The van der Waals surface area contributed by atoms with Crippen LogP contribution in [0.5, 0.6) is 5.75 Å². The molecule has 0 fully saturated rings. The highest BCUT2D eigenvalue weighted by Crippen LogP contribution is 2.25. The van der Waals surface area contributed by atoms with Gasteiger partial charge in [-0.05, 0) is 31.0 Å². The van der Waals surface area contributed by atoms with Gasteiger partial charge in [0.15, 0.2) is 0 Å². The fraction of sp³-hybridized carbons (Fsp3) is 0.467. The van der Waals surface area contributed by atoms with Crippen molar-refractivity contribution in [2.45, 2.75) is 32.7 Å². The van der Waals surface area contributed by atoms with E-state index in [1.165, 1.54) is 0 Å². The van der Waals surface area contributed by atoms with Crippen molar-refractivity contribution in [3.8, 4) is 5.75 Å². The highest BCUT2D eigenvalue weighted by molar-refractivity contribution is 5.85. The van der Waals surface area contributed by atoms with Crippen LogP contribution < -0.4 is 15.4 Å². The summed E-state index contributed by atoms with van der Waals surface area (Å²) in [7, 11) is 0. The van der Waals surface area contributed by atoms with Crippen molar-refractivity contribution in [1.82, 2.24) is 10.6 Å². The Morgan fingerprint density at radius 2 is 2.10 bits per heavy atom. The zero-order chi connectivity index (χ0) is 14.5. The molecule has 1 aromatic rings. The SMILES string of the molecule is CC(C)NC(=O)CNC(=O)Cc1ccc2c(c1)CCO2. The molecule has 2 N–H and O–H groups in total. The quantitative estimate of drug-likeness (QED) is 0.836. The Morgan fingerprint density at radius 1 is 1.30 bits per heavy atom. The van der Waals surface area contributed by atoms with Gasteiger partial charge in [0.05, 0.1) is 19.6 Å². The summed E-state index contributed by atoms with van der Waals surface area (Å²) < 4.78 is 5.42. The lowest BCUT2D eigenvalue weighted by Crippen LogP contribution is -2.40. The van der Waals surface area contributed by atoms with E-state index in [0.29, 0.717) is 6.61 Å². The molecule has 0 radical (unpaired) electrons. The second-order valence-electron chi connectivity index (χ2n) is 5.22. The first-order chi connectivity index (χ1) is 9.54. The third-order valence-electron chi connectivity index (χ3n) is 3.01. The van der Waals surface area contributed by atoms with Crippen LogP contribution in [-0.2, 0) is 22.4 Å². The van der Waals surface area contributed by atoms with Gasteiger partial charge in [-0.15, -0.1) is 0 Å². The molecule has 5 heteroatoms. The van der Waals surface area contributed by atoms with Gasteiger partial charge >= 0.3 is 0 Å². The van der Waals surface area contributed by atoms with E-state index in [4.69, 9.17) is 4.74 Å². The molecule has 2 rings (SSSR count). The average Bonchev–Trinajstić information content (AvgIpc) is 2.83. The highest BCUT2D eigenvalue weighted by atomic mass is 16.5. The molecule has 5 nitrogen and oxygen atoms in total. The van der Waals surface area contributed by atoms with Crippen molar-refractivity contribution in [2.24, 2.45) is 0 Å². The van der Waals surface area contributed by atoms with Gasteiger partial charge in [-0.2, -0.15) is 0 Å². The molecule has 0 saturated carbocycles. The highest BCUT2D eigenvalue weighted by Gasteiger charge is 2.13. The molecule has 1 aliphatic heterocycles. The molecule has 0 saturated heterocycles. The van der Waals surface area contributed by atoms with Crippen LogP contribution in [0.2, 0.25) is 0 Å². The van der Waals surface area contributed by atoms with Crippen molar-refractivity contribution in [3.63, 3.8) is 0 Å². The van der Waals surface area contributed by atoms with Crippen molar-refractivity contribution in [3.05, 3.63) is 29.3 Å². The summed E-state index contributed by atoms with van der Waals surface area (Å²) in [6.45, 7) is 4.49. The molecular weight excluding hydrogens is 256 g/mol. The first-order valence-electron chi connectivity index (χ1n) is 6.85. The van der Waals surface area contributed by atoms with Crippen molar-refractivity contribution in [2.75, 3.05) is 13.2 Å². The van der Waals surface area contributed by atoms with E-state index in [0.717, 1.165) is 23.3 Å². The maximum atomic E-state index is 11.8. The number of amides is 2. The zero-order valence-corrected chi connectivity index (χ0v) is 11.9. The molecule has 20 heavy (non-hydrogen) atoms. The maximum absolute atomic E-state index is 11.8. The summed E-state index contributed by atoms with van der Waals surface area (Å²) >= 11 is 0. The number of fused-ring (bicyclic) bond motifs is 1. The predicted molar refractivity (Wildman–Crippen MR) is 75.6 cm³/mol. The van der Waals surface area contributed by atoms with Crippen LogP contribution in [0.4, 0.5) is 0 Å². The minimum Gasteiger partial charge on any atom is -0.493 e. The van der Waals surface area contributed by atoms with Crippen LogP contribution in [0.15, 0.2) is 18.2 Å². The molecule has 108 valence electrons. The molecule has 1 aromatic carbocycles. The first kappa shape index (κ1) is 14.4. The second-order valence-corrected chi connectivity index (χ2v) is 5.22. The normalized spacial score (nSPS) is 12.8. The minimum atomic E-state index is -0.171. The monoisotopic (exact) mass is 276 g/mol. The van der Waals surface area contributed by atoms with Crippen LogP contribution in [0.1, 0.15) is 25.0 Å². The number of rotatable bonds is 5. The van der Waals surface area contributed by atoms with Gasteiger partial charge in [-0.1, -0.05) is 12.1 Å². The van der Waals surface area contributed by atoms with E-state index in [1.807, 2.05) is 32.0 Å². The summed E-state index contributed by atoms with van der Waals surface area (Å²) in [6.07, 6.45) is 1.17. The summed E-state index contributed by atoms with van der Waals surface area (Å²) in [5.74, 6) is 0.587. The maximum Gasteiger partial charge on any atom is 0.239 e. The molecule has 0 unspecified atom stereocenters. The van der Waals surface area contributed by atoms with Crippen LogP contribution in [0.25, 0.3) is 0 Å². The zero-order valence-electron chi connectivity index (χ0n) is 11.9. The van der Waals surface area contributed by atoms with Crippen molar-refractivity contribution >= 4 is 11.8 Å². The van der Waals surface area contributed by atoms with Gasteiger partial charge in [0.25, 0.3) is 0 Å². The number of carbonyl (C=O) groups is 2. The lowest BCUT2D eigenvalue weighted by Gasteiger charge is -2.09.